The molecule has 0 aliphatic rings. The number of ether oxygens (including phenoxy) is 1. The molecular formula is C17H28N2O3. The van der Waals surface area contributed by atoms with Gasteiger partial charge in [0.1, 0.15) is 0 Å². The Morgan fingerprint density at radius 2 is 1.91 bits per heavy atom. The van der Waals surface area contributed by atoms with Crippen LogP contribution in [0.15, 0.2) is 30.3 Å². The predicted molar refractivity (Wildman–Crippen MR) is 87.7 cm³/mol. The van der Waals surface area contributed by atoms with E-state index in [9.17, 15) is 9.90 Å². The van der Waals surface area contributed by atoms with Gasteiger partial charge in [-0.1, -0.05) is 51.1 Å². The third-order valence-corrected chi connectivity index (χ3v) is 3.40. The number of hydrogen-bond donors (Lipinski definition) is 3. The molecule has 5 nitrogen and oxygen atoms in total. The molecule has 1 aromatic rings. The Balaban J connectivity index is 2.55. The smallest absolute Gasteiger partial charge is 0.315 e. The molecule has 1 rings (SSSR count). The van der Waals surface area contributed by atoms with Gasteiger partial charge in [-0.15, -0.1) is 0 Å². The van der Waals surface area contributed by atoms with E-state index in [0.29, 0.717) is 13.0 Å². The van der Waals surface area contributed by atoms with Crippen LogP contribution in [-0.4, -0.2) is 37.5 Å². The molecule has 0 saturated carbocycles. The molecule has 0 fully saturated rings. The van der Waals surface area contributed by atoms with Gasteiger partial charge in [0, 0.05) is 13.7 Å². The molecule has 0 aliphatic carbocycles. The zero-order valence-corrected chi connectivity index (χ0v) is 13.9. The highest BCUT2D eigenvalue weighted by Gasteiger charge is 2.27. The van der Waals surface area contributed by atoms with E-state index in [-0.39, 0.29) is 24.1 Å². The summed E-state index contributed by atoms with van der Waals surface area (Å²) in [5.41, 5.74) is 0.971. The number of benzene rings is 1. The number of aliphatic hydroxyl groups is 1. The Kier molecular flexibility index (Phi) is 7.35. The van der Waals surface area contributed by atoms with E-state index in [1.807, 2.05) is 30.3 Å². The van der Waals surface area contributed by atoms with Crippen LogP contribution in [0.25, 0.3) is 0 Å². The summed E-state index contributed by atoms with van der Waals surface area (Å²) in [5, 5.41) is 15.3. The standard InChI is InChI=1S/C17H28N2O3/c1-17(2,3)15(13-8-6-5-7-9-13)19-16(21)18-11-10-14(20)12-22-4/h5-9,14-15,20H,10-12H2,1-4H3,(H2,18,19,21). The van der Waals surface area contributed by atoms with Crippen LogP contribution in [0.4, 0.5) is 4.79 Å². The topological polar surface area (TPSA) is 70.6 Å². The lowest BCUT2D eigenvalue weighted by atomic mass is 9.82. The first-order chi connectivity index (χ1) is 10.3. The summed E-state index contributed by atoms with van der Waals surface area (Å²) >= 11 is 0. The second-order valence-electron chi connectivity index (χ2n) is 6.51. The fourth-order valence-corrected chi connectivity index (χ4v) is 2.26. The first-order valence-electron chi connectivity index (χ1n) is 7.61. The van der Waals surface area contributed by atoms with Crippen LogP contribution in [0.5, 0.6) is 0 Å². The largest absolute Gasteiger partial charge is 0.391 e. The fraction of sp³-hybridized carbons (Fsp3) is 0.588. The molecule has 5 heteroatoms. The van der Waals surface area contributed by atoms with Gasteiger partial charge in [-0.2, -0.15) is 0 Å². The van der Waals surface area contributed by atoms with Gasteiger partial charge in [0.05, 0.1) is 18.8 Å². The number of carbonyl (C=O) groups is 1. The Labute approximate surface area is 133 Å². The van der Waals surface area contributed by atoms with E-state index in [0.717, 1.165) is 5.56 Å². The Bertz CT molecular complexity index is 443. The Morgan fingerprint density at radius 1 is 1.27 bits per heavy atom. The van der Waals surface area contributed by atoms with Crippen LogP contribution in [0, 0.1) is 5.41 Å². The van der Waals surface area contributed by atoms with Crippen molar-refractivity contribution in [2.45, 2.75) is 39.3 Å². The minimum absolute atomic E-state index is 0.0856. The molecule has 2 unspecified atom stereocenters. The summed E-state index contributed by atoms with van der Waals surface area (Å²) in [6, 6.07) is 9.60. The molecular weight excluding hydrogens is 280 g/mol. The van der Waals surface area contributed by atoms with Crippen molar-refractivity contribution in [3.8, 4) is 0 Å². The Hall–Kier alpha value is -1.59. The van der Waals surface area contributed by atoms with E-state index in [4.69, 9.17) is 4.74 Å². The maximum Gasteiger partial charge on any atom is 0.315 e. The number of urea groups is 1. The number of rotatable bonds is 7. The maximum atomic E-state index is 12.1. The fourth-order valence-electron chi connectivity index (χ4n) is 2.26. The summed E-state index contributed by atoms with van der Waals surface area (Å²) in [7, 11) is 1.54. The summed E-state index contributed by atoms with van der Waals surface area (Å²) < 4.78 is 4.85. The summed E-state index contributed by atoms with van der Waals surface area (Å²) in [5.74, 6) is 0. The lowest BCUT2D eigenvalue weighted by molar-refractivity contribution is 0.0598. The average Bonchev–Trinajstić information content (AvgIpc) is 2.45. The number of hydrogen-bond acceptors (Lipinski definition) is 3. The molecule has 1 aromatic carbocycles. The highest BCUT2D eigenvalue weighted by Crippen LogP contribution is 2.32. The molecule has 0 saturated heterocycles. The van der Waals surface area contributed by atoms with Crippen LogP contribution in [0.2, 0.25) is 0 Å². The Morgan fingerprint density at radius 3 is 2.45 bits per heavy atom. The van der Waals surface area contributed by atoms with E-state index < -0.39 is 6.10 Å². The molecule has 3 N–H and O–H groups in total. The quantitative estimate of drug-likeness (QED) is 0.724. The molecule has 22 heavy (non-hydrogen) atoms. The summed E-state index contributed by atoms with van der Waals surface area (Å²) in [4.78, 5) is 12.1. The SMILES string of the molecule is COCC(O)CCNC(=O)NC(c1ccccc1)C(C)(C)C. The number of methoxy groups -OCH3 is 1. The first kappa shape index (κ1) is 18.5. The van der Waals surface area contributed by atoms with Crippen LogP contribution in [0.1, 0.15) is 38.8 Å². The molecule has 0 heterocycles. The van der Waals surface area contributed by atoms with Gasteiger partial charge < -0.3 is 20.5 Å². The van der Waals surface area contributed by atoms with Crippen molar-refractivity contribution in [2.75, 3.05) is 20.3 Å². The third kappa shape index (κ3) is 6.45. The number of nitrogens with one attached hydrogen (secondary N) is 2. The van der Waals surface area contributed by atoms with Crippen molar-refractivity contribution >= 4 is 6.03 Å². The lowest BCUT2D eigenvalue weighted by Crippen LogP contribution is -2.43. The van der Waals surface area contributed by atoms with Gasteiger partial charge in [0.25, 0.3) is 0 Å². The van der Waals surface area contributed by atoms with Gasteiger partial charge in [-0.05, 0) is 17.4 Å². The van der Waals surface area contributed by atoms with Gasteiger partial charge >= 0.3 is 6.03 Å². The van der Waals surface area contributed by atoms with Crippen molar-refractivity contribution < 1.29 is 14.6 Å². The zero-order valence-electron chi connectivity index (χ0n) is 13.9. The summed E-state index contributed by atoms with van der Waals surface area (Å²) in [6.07, 6.45) is -0.0925. The molecule has 2 amide bonds. The van der Waals surface area contributed by atoms with Crippen molar-refractivity contribution in [3.05, 3.63) is 35.9 Å². The van der Waals surface area contributed by atoms with Gasteiger partial charge in [-0.25, -0.2) is 4.79 Å². The molecule has 2 atom stereocenters. The van der Waals surface area contributed by atoms with Crippen molar-refractivity contribution in [2.24, 2.45) is 5.41 Å². The first-order valence-corrected chi connectivity index (χ1v) is 7.61. The molecule has 0 bridgehead atoms. The van der Waals surface area contributed by atoms with Crippen molar-refractivity contribution in [1.29, 1.82) is 0 Å². The highest BCUT2D eigenvalue weighted by atomic mass is 16.5. The number of amides is 2. The number of aliphatic hydroxyl groups excluding tert-OH is 1. The van der Waals surface area contributed by atoms with E-state index >= 15 is 0 Å². The molecule has 0 aliphatic heterocycles. The van der Waals surface area contributed by atoms with Crippen LogP contribution in [-0.2, 0) is 4.74 Å². The molecule has 0 radical (unpaired) electrons. The summed E-state index contributed by atoms with van der Waals surface area (Å²) in [6.45, 7) is 6.95. The van der Waals surface area contributed by atoms with E-state index in [2.05, 4.69) is 31.4 Å². The van der Waals surface area contributed by atoms with Crippen LogP contribution < -0.4 is 10.6 Å². The van der Waals surface area contributed by atoms with Gasteiger partial charge in [0.2, 0.25) is 0 Å². The molecule has 0 spiro atoms. The second kappa shape index (κ2) is 8.76. The molecule has 0 aromatic heterocycles. The van der Waals surface area contributed by atoms with Gasteiger partial charge in [-0.3, -0.25) is 0 Å². The van der Waals surface area contributed by atoms with E-state index in [1.165, 1.54) is 7.11 Å². The van der Waals surface area contributed by atoms with Crippen molar-refractivity contribution in [1.82, 2.24) is 10.6 Å². The third-order valence-electron chi connectivity index (χ3n) is 3.40. The minimum atomic E-state index is -0.558. The monoisotopic (exact) mass is 308 g/mol. The van der Waals surface area contributed by atoms with Crippen LogP contribution in [0.3, 0.4) is 0 Å². The number of carbonyl (C=O) groups excluding carboxylic acids is 1. The van der Waals surface area contributed by atoms with Crippen LogP contribution >= 0.6 is 0 Å². The van der Waals surface area contributed by atoms with Gasteiger partial charge in [0.15, 0.2) is 0 Å². The van der Waals surface area contributed by atoms with E-state index in [1.54, 1.807) is 0 Å². The second-order valence-corrected chi connectivity index (χ2v) is 6.51. The maximum absolute atomic E-state index is 12.1. The normalized spacial score (nSPS) is 14.2. The molecule has 124 valence electrons. The average molecular weight is 308 g/mol. The zero-order chi connectivity index (χ0) is 16.6. The highest BCUT2D eigenvalue weighted by molar-refractivity contribution is 5.74. The predicted octanol–water partition coefficient (Wildman–Crippen LogP) is 2.47. The van der Waals surface area contributed by atoms with Crippen molar-refractivity contribution in [3.63, 3.8) is 0 Å². The minimum Gasteiger partial charge on any atom is -0.391 e. The lowest BCUT2D eigenvalue weighted by Gasteiger charge is -2.32.